The average Bonchev–Trinajstić information content (AvgIpc) is 2.45. The normalized spacial score (nSPS) is 14.2. The lowest BCUT2D eigenvalue weighted by molar-refractivity contribution is 0.141. The van der Waals surface area contributed by atoms with E-state index in [0.29, 0.717) is 18.6 Å². The van der Waals surface area contributed by atoms with E-state index in [1.165, 1.54) is 5.56 Å². The van der Waals surface area contributed by atoms with E-state index in [1.807, 2.05) is 12.1 Å². The van der Waals surface area contributed by atoms with Gasteiger partial charge in [0.25, 0.3) is 0 Å². The van der Waals surface area contributed by atoms with Gasteiger partial charge in [0, 0.05) is 19.2 Å². The second kappa shape index (κ2) is 8.12. The molecule has 0 amide bonds. The summed E-state index contributed by atoms with van der Waals surface area (Å²) in [4.78, 5) is 0. The summed E-state index contributed by atoms with van der Waals surface area (Å²) in [6.45, 7) is 7.23. The van der Waals surface area contributed by atoms with E-state index in [2.05, 4.69) is 32.2 Å². The molecule has 114 valence electrons. The van der Waals surface area contributed by atoms with E-state index in [1.54, 1.807) is 21.3 Å². The SMILES string of the molecule is COCC(NC(C)c1ccc(OC)c(OC)c1)C(C)C. The van der Waals surface area contributed by atoms with Crippen LogP contribution in [0.2, 0.25) is 0 Å². The number of rotatable bonds is 8. The average molecular weight is 281 g/mol. The lowest BCUT2D eigenvalue weighted by atomic mass is 10.0. The molecule has 0 aliphatic carbocycles. The van der Waals surface area contributed by atoms with Crippen LogP contribution in [-0.4, -0.2) is 34.0 Å². The van der Waals surface area contributed by atoms with Gasteiger partial charge in [0.15, 0.2) is 11.5 Å². The van der Waals surface area contributed by atoms with Gasteiger partial charge in [-0.3, -0.25) is 0 Å². The van der Waals surface area contributed by atoms with Crippen LogP contribution in [0.4, 0.5) is 0 Å². The number of methoxy groups -OCH3 is 3. The molecule has 0 spiro atoms. The zero-order chi connectivity index (χ0) is 15.1. The van der Waals surface area contributed by atoms with Gasteiger partial charge >= 0.3 is 0 Å². The molecule has 0 aromatic heterocycles. The number of nitrogens with one attached hydrogen (secondary N) is 1. The van der Waals surface area contributed by atoms with Crippen LogP contribution >= 0.6 is 0 Å². The predicted molar refractivity (Wildman–Crippen MR) is 81.6 cm³/mol. The minimum Gasteiger partial charge on any atom is -0.493 e. The van der Waals surface area contributed by atoms with Crippen molar-refractivity contribution < 1.29 is 14.2 Å². The van der Waals surface area contributed by atoms with Crippen molar-refractivity contribution in [3.63, 3.8) is 0 Å². The van der Waals surface area contributed by atoms with Crippen molar-refractivity contribution >= 4 is 0 Å². The van der Waals surface area contributed by atoms with Crippen LogP contribution in [-0.2, 0) is 4.74 Å². The molecule has 0 aliphatic rings. The molecule has 1 aromatic carbocycles. The molecule has 4 heteroatoms. The number of hydrogen-bond donors (Lipinski definition) is 1. The van der Waals surface area contributed by atoms with E-state index in [4.69, 9.17) is 14.2 Å². The summed E-state index contributed by atoms with van der Waals surface area (Å²) >= 11 is 0. The van der Waals surface area contributed by atoms with E-state index in [9.17, 15) is 0 Å². The van der Waals surface area contributed by atoms with E-state index >= 15 is 0 Å². The van der Waals surface area contributed by atoms with Crippen molar-refractivity contribution in [2.75, 3.05) is 27.9 Å². The van der Waals surface area contributed by atoms with Gasteiger partial charge in [0.05, 0.1) is 20.8 Å². The Hall–Kier alpha value is -1.26. The van der Waals surface area contributed by atoms with Gasteiger partial charge in [-0.05, 0) is 30.5 Å². The summed E-state index contributed by atoms with van der Waals surface area (Å²) in [5.41, 5.74) is 1.17. The van der Waals surface area contributed by atoms with Crippen LogP contribution in [0.3, 0.4) is 0 Å². The lowest BCUT2D eigenvalue weighted by Gasteiger charge is -2.26. The molecule has 0 radical (unpaired) electrons. The maximum atomic E-state index is 5.35. The Morgan fingerprint density at radius 3 is 2.15 bits per heavy atom. The van der Waals surface area contributed by atoms with Crippen LogP contribution in [0.15, 0.2) is 18.2 Å². The number of hydrogen-bond acceptors (Lipinski definition) is 4. The van der Waals surface area contributed by atoms with Gasteiger partial charge < -0.3 is 19.5 Å². The Morgan fingerprint density at radius 2 is 1.65 bits per heavy atom. The van der Waals surface area contributed by atoms with Crippen LogP contribution in [0.25, 0.3) is 0 Å². The summed E-state index contributed by atoms with van der Waals surface area (Å²) in [6.07, 6.45) is 0. The van der Waals surface area contributed by atoms with Gasteiger partial charge in [-0.25, -0.2) is 0 Å². The van der Waals surface area contributed by atoms with Gasteiger partial charge in [-0.1, -0.05) is 19.9 Å². The Bertz CT molecular complexity index is 407. The van der Waals surface area contributed by atoms with Gasteiger partial charge in [0.2, 0.25) is 0 Å². The highest BCUT2D eigenvalue weighted by Gasteiger charge is 2.17. The molecule has 0 bridgehead atoms. The van der Waals surface area contributed by atoms with Crippen molar-refractivity contribution in [3.05, 3.63) is 23.8 Å². The Labute approximate surface area is 122 Å². The molecule has 2 atom stereocenters. The summed E-state index contributed by atoms with van der Waals surface area (Å²) in [6, 6.07) is 6.55. The van der Waals surface area contributed by atoms with Crippen molar-refractivity contribution in [2.45, 2.75) is 32.9 Å². The molecule has 0 fully saturated rings. The van der Waals surface area contributed by atoms with Crippen LogP contribution in [0, 0.1) is 5.92 Å². The van der Waals surface area contributed by atoms with Gasteiger partial charge in [0.1, 0.15) is 0 Å². The first-order valence-electron chi connectivity index (χ1n) is 7.00. The molecule has 1 N–H and O–H groups in total. The smallest absolute Gasteiger partial charge is 0.161 e. The third-order valence-electron chi connectivity index (χ3n) is 3.52. The minimum atomic E-state index is 0.220. The molecular weight excluding hydrogens is 254 g/mol. The molecule has 1 rings (SSSR count). The maximum absolute atomic E-state index is 5.35. The topological polar surface area (TPSA) is 39.7 Å². The van der Waals surface area contributed by atoms with Gasteiger partial charge in [-0.2, -0.15) is 0 Å². The van der Waals surface area contributed by atoms with E-state index < -0.39 is 0 Å². The highest BCUT2D eigenvalue weighted by molar-refractivity contribution is 5.43. The zero-order valence-corrected chi connectivity index (χ0v) is 13.4. The van der Waals surface area contributed by atoms with Crippen molar-refractivity contribution in [2.24, 2.45) is 5.92 Å². The van der Waals surface area contributed by atoms with Gasteiger partial charge in [-0.15, -0.1) is 0 Å². The Balaban J connectivity index is 2.83. The largest absolute Gasteiger partial charge is 0.493 e. The Kier molecular flexibility index (Phi) is 6.82. The van der Waals surface area contributed by atoms with Crippen LogP contribution in [0.5, 0.6) is 11.5 Å². The van der Waals surface area contributed by atoms with Crippen molar-refractivity contribution in [1.82, 2.24) is 5.32 Å². The monoisotopic (exact) mass is 281 g/mol. The summed E-state index contributed by atoms with van der Waals surface area (Å²) < 4.78 is 15.9. The quantitative estimate of drug-likeness (QED) is 0.795. The fraction of sp³-hybridized carbons (Fsp3) is 0.625. The molecule has 0 saturated carbocycles. The molecule has 0 saturated heterocycles. The fourth-order valence-electron chi connectivity index (χ4n) is 2.15. The molecule has 20 heavy (non-hydrogen) atoms. The maximum Gasteiger partial charge on any atom is 0.161 e. The van der Waals surface area contributed by atoms with Crippen molar-refractivity contribution in [3.8, 4) is 11.5 Å². The first-order chi connectivity index (χ1) is 9.53. The first kappa shape index (κ1) is 16.8. The third kappa shape index (κ3) is 4.39. The lowest BCUT2D eigenvalue weighted by Crippen LogP contribution is -2.39. The molecule has 2 unspecified atom stereocenters. The zero-order valence-electron chi connectivity index (χ0n) is 13.4. The highest BCUT2D eigenvalue weighted by Crippen LogP contribution is 2.30. The summed E-state index contributed by atoms with van der Waals surface area (Å²) in [5, 5.41) is 3.60. The third-order valence-corrected chi connectivity index (χ3v) is 3.52. The van der Waals surface area contributed by atoms with E-state index in [-0.39, 0.29) is 6.04 Å². The predicted octanol–water partition coefficient (Wildman–Crippen LogP) is 3.03. The minimum absolute atomic E-state index is 0.220. The molecule has 4 nitrogen and oxygen atoms in total. The summed E-state index contributed by atoms with van der Waals surface area (Å²) in [5.74, 6) is 2.02. The second-order valence-electron chi connectivity index (χ2n) is 5.31. The molecular formula is C16H27NO3. The van der Waals surface area contributed by atoms with Crippen molar-refractivity contribution in [1.29, 1.82) is 0 Å². The first-order valence-corrected chi connectivity index (χ1v) is 7.00. The Morgan fingerprint density at radius 1 is 1.00 bits per heavy atom. The molecule has 1 aromatic rings. The number of benzene rings is 1. The number of ether oxygens (including phenoxy) is 3. The standard InChI is InChI=1S/C16H27NO3/c1-11(2)14(10-18-4)17-12(3)13-7-8-15(19-5)16(9-13)20-6/h7-9,11-12,14,17H,10H2,1-6H3. The molecule has 0 heterocycles. The summed E-state index contributed by atoms with van der Waals surface area (Å²) in [7, 11) is 5.03. The second-order valence-corrected chi connectivity index (χ2v) is 5.31. The van der Waals surface area contributed by atoms with Crippen LogP contribution < -0.4 is 14.8 Å². The molecule has 0 aliphatic heterocycles. The fourth-order valence-corrected chi connectivity index (χ4v) is 2.15. The highest BCUT2D eigenvalue weighted by atomic mass is 16.5. The van der Waals surface area contributed by atoms with Crippen LogP contribution in [0.1, 0.15) is 32.4 Å². The van der Waals surface area contributed by atoms with E-state index in [0.717, 1.165) is 11.5 Å².